The lowest BCUT2D eigenvalue weighted by Gasteiger charge is -2.35. The molecule has 1 rings (SSSR count). The van der Waals surface area contributed by atoms with E-state index in [1.165, 1.54) is 0 Å². The van der Waals surface area contributed by atoms with E-state index in [-0.39, 0.29) is 12.0 Å². The second-order valence-corrected chi connectivity index (χ2v) is 4.87. The molecule has 3 N–H and O–H groups in total. The van der Waals surface area contributed by atoms with Crippen LogP contribution in [0.2, 0.25) is 0 Å². The molecule has 0 spiro atoms. The highest BCUT2D eigenvalue weighted by atomic mass is 16.5. The largest absolute Gasteiger partial charge is 0.496 e. The molecule has 1 atom stereocenters. The van der Waals surface area contributed by atoms with Crippen LogP contribution in [0.3, 0.4) is 0 Å². The minimum atomic E-state index is -0.269. The fourth-order valence-corrected chi connectivity index (χ4v) is 2.04. The molecule has 1 unspecified atom stereocenters. The maximum Gasteiger partial charge on any atom is 0.122 e. The molecule has 1 aromatic rings. The summed E-state index contributed by atoms with van der Waals surface area (Å²) in [4.78, 5) is 0. The Bertz CT molecular complexity index is 346. The monoisotopic (exact) mass is 237 g/mol. The zero-order valence-corrected chi connectivity index (χ0v) is 10.9. The van der Waals surface area contributed by atoms with Crippen molar-refractivity contribution < 1.29 is 9.84 Å². The minimum Gasteiger partial charge on any atom is -0.496 e. The third-order valence-corrected chi connectivity index (χ3v) is 3.68. The van der Waals surface area contributed by atoms with Gasteiger partial charge in [-0.3, -0.25) is 0 Å². The Morgan fingerprint density at radius 3 is 2.47 bits per heavy atom. The summed E-state index contributed by atoms with van der Waals surface area (Å²) in [6.45, 7) is 4.76. The summed E-state index contributed by atoms with van der Waals surface area (Å²) < 4.78 is 5.34. The van der Waals surface area contributed by atoms with Crippen LogP contribution in [0.1, 0.15) is 19.4 Å². The van der Waals surface area contributed by atoms with Gasteiger partial charge in [0.05, 0.1) is 13.7 Å². The number of rotatable bonds is 6. The van der Waals surface area contributed by atoms with Gasteiger partial charge >= 0.3 is 0 Å². The van der Waals surface area contributed by atoms with Crippen molar-refractivity contribution in [3.63, 3.8) is 0 Å². The first-order chi connectivity index (χ1) is 8.09. The highest BCUT2D eigenvalue weighted by Crippen LogP contribution is 2.33. The van der Waals surface area contributed by atoms with Crippen LogP contribution in [0.25, 0.3) is 0 Å². The predicted molar refractivity (Wildman–Crippen MR) is 70.1 cm³/mol. The van der Waals surface area contributed by atoms with E-state index in [0.29, 0.717) is 12.5 Å². The van der Waals surface area contributed by atoms with Gasteiger partial charge in [0.15, 0.2) is 0 Å². The number of methoxy groups -OCH3 is 1. The molecule has 0 saturated heterocycles. The summed E-state index contributed by atoms with van der Waals surface area (Å²) >= 11 is 0. The minimum absolute atomic E-state index is 0.0964. The Hall–Kier alpha value is -1.06. The lowest BCUT2D eigenvalue weighted by atomic mass is 9.73. The molecular formula is C14H23NO2. The van der Waals surface area contributed by atoms with Gasteiger partial charge in [0.2, 0.25) is 0 Å². The van der Waals surface area contributed by atoms with E-state index in [1.54, 1.807) is 7.11 Å². The lowest BCUT2D eigenvalue weighted by molar-refractivity contribution is 0.0836. The van der Waals surface area contributed by atoms with Gasteiger partial charge in [-0.05, 0) is 24.0 Å². The maximum atomic E-state index is 9.65. The van der Waals surface area contributed by atoms with Crippen LogP contribution in [-0.2, 0) is 6.42 Å². The summed E-state index contributed by atoms with van der Waals surface area (Å²) in [6, 6.07) is 7.90. The van der Waals surface area contributed by atoms with Crippen molar-refractivity contribution in [2.24, 2.45) is 17.1 Å². The number of benzene rings is 1. The molecule has 0 bridgehead atoms. The smallest absolute Gasteiger partial charge is 0.122 e. The zero-order chi connectivity index (χ0) is 12.9. The highest BCUT2D eigenvalue weighted by Gasteiger charge is 2.32. The highest BCUT2D eigenvalue weighted by molar-refractivity contribution is 5.34. The van der Waals surface area contributed by atoms with Crippen LogP contribution in [0.5, 0.6) is 5.75 Å². The summed E-state index contributed by atoms with van der Waals surface area (Å²) in [7, 11) is 1.66. The molecule has 3 heteroatoms. The van der Waals surface area contributed by atoms with Gasteiger partial charge in [-0.2, -0.15) is 0 Å². The van der Waals surface area contributed by atoms with Crippen molar-refractivity contribution in [1.29, 1.82) is 0 Å². The molecule has 1 aromatic carbocycles. The zero-order valence-electron chi connectivity index (χ0n) is 10.9. The average Bonchev–Trinajstić information content (AvgIpc) is 2.36. The Balaban J connectivity index is 3.01. The molecule has 0 fully saturated rings. The fraction of sp³-hybridized carbons (Fsp3) is 0.571. The van der Waals surface area contributed by atoms with Crippen LogP contribution in [-0.4, -0.2) is 25.4 Å². The topological polar surface area (TPSA) is 55.5 Å². The number of aliphatic hydroxyl groups excluding tert-OH is 1. The average molecular weight is 237 g/mol. The first kappa shape index (κ1) is 14.0. The van der Waals surface area contributed by atoms with Crippen molar-refractivity contribution in [2.45, 2.75) is 20.3 Å². The molecule has 0 saturated carbocycles. The third-order valence-electron chi connectivity index (χ3n) is 3.68. The summed E-state index contributed by atoms with van der Waals surface area (Å²) in [6.07, 6.45) is 0.738. The fourth-order valence-electron chi connectivity index (χ4n) is 2.04. The van der Waals surface area contributed by atoms with E-state index >= 15 is 0 Å². The van der Waals surface area contributed by atoms with Gasteiger partial charge in [0.25, 0.3) is 0 Å². The lowest BCUT2D eigenvalue weighted by Crippen LogP contribution is -2.41. The van der Waals surface area contributed by atoms with E-state index in [4.69, 9.17) is 10.5 Å². The van der Waals surface area contributed by atoms with E-state index in [1.807, 2.05) is 24.3 Å². The molecule has 3 nitrogen and oxygen atoms in total. The van der Waals surface area contributed by atoms with Crippen molar-refractivity contribution in [1.82, 2.24) is 0 Å². The quantitative estimate of drug-likeness (QED) is 0.793. The summed E-state index contributed by atoms with van der Waals surface area (Å²) in [5, 5.41) is 9.65. The van der Waals surface area contributed by atoms with Crippen LogP contribution < -0.4 is 10.5 Å². The molecule has 0 radical (unpaired) electrons. The molecule has 0 heterocycles. The van der Waals surface area contributed by atoms with Crippen molar-refractivity contribution in [3.05, 3.63) is 29.8 Å². The molecule has 96 valence electrons. The van der Waals surface area contributed by atoms with Crippen LogP contribution in [0.4, 0.5) is 0 Å². The molecular weight excluding hydrogens is 214 g/mol. The van der Waals surface area contributed by atoms with Crippen molar-refractivity contribution in [3.8, 4) is 5.75 Å². The van der Waals surface area contributed by atoms with Gasteiger partial charge in [0, 0.05) is 12.0 Å². The number of para-hydroxylation sites is 1. The number of nitrogens with two attached hydrogens (primary N) is 1. The Labute approximate surface area is 104 Å². The van der Waals surface area contributed by atoms with Gasteiger partial charge in [-0.15, -0.1) is 0 Å². The van der Waals surface area contributed by atoms with E-state index in [0.717, 1.165) is 17.7 Å². The maximum absolute atomic E-state index is 9.65. The van der Waals surface area contributed by atoms with Crippen LogP contribution in [0.15, 0.2) is 24.3 Å². The Morgan fingerprint density at radius 2 is 2.00 bits per heavy atom. The van der Waals surface area contributed by atoms with Gasteiger partial charge in [-0.25, -0.2) is 0 Å². The van der Waals surface area contributed by atoms with Gasteiger partial charge < -0.3 is 15.6 Å². The SMILES string of the molecule is COc1ccccc1CC(CN)(CO)C(C)C. The second kappa shape index (κ2) is 6.03. The summed E-state index contributed by atoms with van der Waals surface area (Å²) in [5.41, 5.74) is 6.69. The number of hydrogen-bond donors (Lipinski definition) is 2. The van der Waals surface area contributed by atoms with Gasteiger partial charge in [-0.1, -0.05) is 32.0 Å². The Morgan fingerprint density at radius 1 is 1.35 bits per heavy atom. The standard InChI is InChI=1S/C14H23NO2/c1-11(2)14(9-15,10-16)8-12-6-4-5-7-13(12)17-3/h4-7,11,16H,8-10,15H2,1-3H3. The van der Waals surface area contributed by atoms with Crippen LogP contribution in [0, 0.1) is 11.3 Å². The van der Waals surface area contributed by atoms with E-state index in [2.05, 4.69) is 13.8 Å². The first-order valence-corrected chi connectivity index (χ1v) is 6.02. The first-order valence-electron chi connectivity index (χ1n) is 6.02. The molecule has 0 amide bonds. The van der Waals surface area contributed by atoms with Gasteiger partial charge in [0.1, 0.15) is 5.75 Å². The van der Waals surface area contributed by atoms with E-state index < -0.39 is 0 Å². The number of hydrogen-bond acceptors (Lipinski definition) is 3. The number of aliphatic hydroxyl groups is 1. The Kier molecular flexibility index (Phi) is 4.97. The molecule has 0 aromatic heterocycles. The molecule has 17 heavy (non-hydrogen) atoms. The molecule has 0 aliphatic carbocycles. The molecule has 0 aliphatic heterocycles. The molecule has 0 aliphatic rings. The van der Waals surface area contributed by atoms with Crippen molar-refractivity contribution in [2.75, 3.05) is 20.3 Å². The second-order valence-electron chi connectivity index (χ2n) is 4.87. The van der Waals surface area contributed by atoms with Crippen molar-refractivity contribution >= 4 is 0 Å². The predicted octanol–water partition coefficient (Wildman–Crippen LogP) is 1.83. The normalized spacial score (nSPS) is 14.7. The van der Waals surface area contributed by atoms with Crippen LogP contribution >= 0.6 is 0 Å². The number of ether oxygens (including phenoxy) is 1. The summed E-state index contributed by atoms with van der Waals surface area (Å²) in [5.74, 6) is 1.18. The third kappa shape index (κ3) is 2.99. The van der Waals surface area contributed by atoms with E-state index in [9.17, 15) is 5.11 Å².